The number of aliphatic imine (C=N–C) groups is 1. The van der Waals surface area contributed by atoms with Crippen molar-refractivity contribution < 1.29 is 5.11 Å². The smallest absolute Gasteiger partial charge is 0.0920 e. The molecule has 2 heterocycles. The molecule has 5 heteroatoms. The fraction of sp³-hybridized carbons (Fsp3) is 0.435. The molecule has 0 saturated carbocycles. The van der Waals surface area contributed by atoms with E-state index >= 15 is 0 Å². The third kappa shape index (κ3) is 4.40. The number of likely N-dealkylation sites (tertiary alicyclic amines) is 1. The van der Waals surface area contributed by atoms with Crippen LogP contribution >= 0.6 is 11.6 Å². The van der Waals surface area contributed by atoms with E-state index in [1.807, 2.05) is 24.3 Å². The van der Waals surface area contributed by atoms with Crippen LogP contribution in [0.3, 0.4) is 0 Å². The van der Waals surface area contributed by atoms with Gasteiger partial charge in [-0.05, 0) is 49.6 Å². The molecule has 0 radical (unpaired) electrons. The van der Waals surface area contributed by atoms with E-state index in [2.05, 4.69) is 34.5 Å². The SMILES string of the molecule is OC1(c2ccc(Cl)cc2)CCN(CCCN=C2CCNc3ccccc32)CC1. The lowest BCUT2D eigenvalue weighted by molar-refractivity contribution is -0.0258. The highest BCUT2D eigenvalue weighted by Crippen LogP contribution is 2.33. The molecule has 0 bridgehead atoms. The minimum atomic E-state index is -0.722. The van der Waals surface area contributed by atoms with Gasteiger partial charge in [-0.1, -0.05) is 41.9 Å². The van der Waals surface area contributed by atoms with E-state index in [0.717, 1.165) is 64.0 Å². The van der Waals surface area contributed by atoms with Crippen molar-refractivity contribution in [2.24, 2.45) is 4.99 Å². The van der Waals surface area contributed by atoms with E-state index in [0.29, 0.717) is 5.02 Å². The first-order valence-corrected chi connectivity index (χ1v) is 10.6. The highest BCUT2D eigenvalue weighted by molar-refractivity contribution is 6.30. The van der Waals surface area contributed by atoms with Crippen molar-refractivity contribution in [2.75, 3.05) is 38.0 Å². The Bertz CT molecular complexity index is 826. The van der Waals surface area contributed by atoms with Gasteiger partial charge in [-0.15, -0.1) is 0 Å². The quantitative estimate of drug-likeness (QED) is 0.738. The molecule has 2 aliphatic heterocycles. The summed E-state index contributed by atoms with van der Waals surface area (Å²) in [5.74, 6) is 0. The number of piperidine rings is 1. The fourth-order valence-corrected chi connectivity index (χ4v) is 4.33. The lowest BCUT2D eigenvalue weighted by Crippen LogP contribution is -2.43. The summed E-state index contributed by atoms with van der Waals surface area (Å²) in [6.45, 7) is 4.70. The van der Waals surface area contributed by atoms with Gasteiger partial charge in [-0.2, -0.15) is 0 Å². The first-order chi connectivity index (χ1) is 13.6. The number of rotatable bonds is 5. The minimum absolute atomic E-state index is 0.711. The summed E-state index contributed by atoms with van der Waals surface area (Å²) in [5, 5.41) is 15.1. The molecule has 2 N–H and O–H groups in total. The Morgan fingerprint density at radius 3 is 2.61 bits per heavy atom. The fourth-order valence-electron chi connectivity index (χ4n) is 4.21. The molecule has 0 aliphatic carbocycles. The summed E-state index contributed by atoms with van der Waals surface area (Å²) in [6, 6.07) is 16.0. The zero-order chi connectivity index (χ0) is 19.4. The number of halogens is 1. The maximum absolute atomic E-state index is 11.0. The second-order valence-electron chi connectivity index (χ2n) is 7.78. The van der Waals surface area contributed by atoms with E-state index < -0.39 is 5.60 Å². The zero-order valence-electron chi connectivity index (χ0n) is 16.2. The first-order valence-electron chi connectivity index (χ1n) is 10.2. The molecular formula is C23H28ClN3O. The molecule has 0 unspecified atom stereocenters. The average molecular weight is 398 g/mol. The summed E-state index contributed by atoms with van der Waals surface area (Å²) in [5.41, 5.74) is 3.93. The van der Waals surface area contributed by atoms with Crippen molar-refractivity contribution in [1.82, 2.24) is 4.90 Å². The van der Waals surface area contributed by atoms with Crippen LogP contribution in [0.4, 0.5) is 5.69 Å². The van der Waals surface area contributed by atoms with Crippen molar-refractivity contribution in [2.45, 2.75) is 31.3 Å². The Balaban J connectivity index is 1.26. The van der Waals surface area contributed by atoms with Gasteiger partial charge in [0.05, 0.1) is 5.60 Å². The van der Waals surface area contributed by atoms with Crippen molar-refractivity contribution in [3.63, 3.8) is 0 Å². The van der Waals surface area contributed by atoms with Crippen molar-refractivity contribution in [1.29, 1.82) is 0 Å². The van der Waals surface area contributed by atoms with E-state index in [-0.39, 0.29) is 0 Å². The zero-order valence-corrected chi connectivity index (χ0v) is 17.0. The molecule has 0 aromatic heterocycles. The van der Waals surface area contributed by atoms with Gasteiger partial charge in [0.25, 0.3) is 0 Å². The van der Waals surface area contributed by atoms with Gasteiger partial charge in [0.1, 0.15) is 0 Å². The van der Waals surface area contributed by atoms with Gasteiger partial charge in [-0.3, -0.25) is 4.99 Å². The van der Waals surface area contributed by atoms with Crippen LogP contribution in [0, 0.1) is 0 Å². The van der Waals surface area contributed by atoms with Gasteiger partial charge in [0, 0.05) is 54.6 Å². The number of benzene rings is 2. The number of aliphatic hydroxyl groups is 1. The Kier molecular flexibility index (Phi) is 6.00. The molecule has 1 saturated heterocycles. The highest BCUT2D eigenvalue weighted by Gasteiger charge is 2.33. The number of hydrogen-bond donors (Lipinski definition) is 2. The molecule has 0 amide bonds. The van der Waals surface area contributed by atoms with E-state index in [1.54, 1.807) is 0 Å². The van der Waals surface area contributed by atoms with Crippen LogP contribution in [0.15, 0.2) is 53.5 Å². The number of hydrogen-bond acceptors (Lipinski definition) is 4. The molecule has 4 nitrogen and oxygen atoms in total. The van der Waals surface area contributed by atoms with Gasteiger partial charge in [0.15, 0.2) is 0 Å². The second-order valence-corrected chi connectivity index (χ2v) is 8.22. The van der Waals surface area contributed by atoms with Crippen LogP contribution in [0.25, 0.3) is 0 Å². The minimum Gasteiger partial charge on any atom is -0.385 e. The Morgan fingerprint density at radius 2 is 1.82 bits per heavy atom. The van der Waals surface area contributed by atoms with Crippen LogP contribution in [0.5, 0.6) is 0 Å². The first kappa shape index (κ1) is 19.4. The molecule has 2 aromatic carbocycles. The maximum atomic E-state index is 11.0. The predicted octanol–water partition coefficient (Wildman–Crippen LogP) is 4.32. The van der Waals surface area contributed by atoms with Crippen molar-refractivity contribution >= 4 is 23.0 Å². The lowest BCUT2D eigenvalue weighted by atomic mass is 9.84. The lowest BCUT2D eigenvalue weighted by Gasteiger charge is -2.38. The van der Waals surface area contributed by atoms with Crippen LogP contribution < -0.4 is 5.32 Å². The Labute approximate surface area is 172 Å². The van der Waals surface area contributed by atoms with Crippen molar-refractivity contribution in [3.05, 3.63) is 64.7 Å². The summed E-state index contributed by atoms with van der Waals surface area (Å²) in [6.07, 6.45) is 3.58. The number of nitrogens with zero attached hydrogens (tertiary/aromatic N) is 2. The van der Waals surface area contributed by atoms with Crippen LogP contribution in [0.1, 0.15) is 36.8 Å². The van der Waals surface area contributed by atoms with Gasteiger partial charge < -0.3 is 15.3 Å². The molecule has 0 atom stereocenters. The molecule has 148 valence electrons. The third-order valence-electron chi connectivity index (χ3n) is 5.92. The highest BCUT2D eigenvalue weighted by atomic mass is 35.5. The van der Waals surface area contributed by atoms with Crippen LogP contribution in [0.2, 0.25) is 5.02 Å². The van der Waals surface area contributed by atoms with Gasteiger partial charge in [-0.25, -0.2) is 0 Å². The summed E-state index contributed by atoms with van der Waals surface area (Å²) in [7, 11) is 0. The Hall–Kier alpha value is -1.88. The molecule has 4 rings (SSSR count). The van der Waals surface area contributed by atoms with Gasteiger partial charge >= 0.3 is 0 Å². The molecule has 0 spiro atoms. The number of anilines is 1. The number of fused-ring (bicyclic) bond motifs is 1. The second kappa shape index (κ2) is 8.64. The summed E-state index contributed by atoms with van der Waals surface area (Å²) < 4.78 is 0. The Morgan fingerprint density at radius 1 is 1.07 bits per heavy atom. The van der Waals surface area contributed by atoms with E-state index in [9.17, 15) is 5.11 Å². The molecule has 2 aromatic rings. The largest absolute Gasteiger partial charge is 0.385 e. The standard InChI is InChI=1S/C23H28ClN3O/c24-19-8-6-18(7-9-19)23(28)11-16-27(17-12-23)15-3-13-25-22-10-14-26-21-5-2-1-4-20(21)22/h1-2,4-9,26,28H,3,10-17H2. The molecule has 2 aliphatic rings. The summed E-state index contributed by atoms with van der Waals surface area (Å²) >= 11 is 5.97. The predicted molar refractivity (Wildman–Crippen MR) is 117 cm³/mol. The van der Waals surface area contributed by atoms with Crippen LogP contribution in [-0.2, 0) is 5.60 Å². The number of para-hydroxylation sites is 1. The molecule has 28 heavy (non-hydrogen) atoms. The monoisotopic (exact) mass is 397 g/mol. The topological polar surface area (TPSA) is 47.9 Å². The number of nitrogens with one attached hydrogen (secondary N) is 1. The van der Waals surface area contributed by atoms with Crippen molar-refractivity contribution in [3.8, 4) is 0 Å². The van der Waals surface area contributed by atoms with E-state index in [4.69, 9.17) is 16.6 Å². The summed E-state index contributed by atoms with van der Waals surface area (Å²) in [4.78, 5) is 7.33. The van der Waals surface area contributed by atoms with Crippen LogP contribution in [-0.4, -0.2) is 48.4 Å². The maximum Gasteiger partial charge on any atom is 0.0920 e. The molecular weight excluding hydrogens is 370 g/mol. The van der Waals surface area contributed by atoms with E-state index in [1.165, 1.54) is 17.0 Å². The molecule has 1 fully saturated rings. The normalized spacial score (nSPS) is 20.6. The third-order valence-corrected chi connectivity index (χ3v) is 6.17. The van der Waals surface area contributed by atoms with Gasteiger partial charge in [0.2, 0.25) is 0 Å². The average Bonchev–Trinajstić information content (AvgIpc) is 2.73.